The van der Waals surface area contributed by atoms with Gasteiger partial charge in [-0.05, 0) is 74.8 Å². The monoisotopic (exact) mass is 566 g/mol. The van der Waals surface area contributed by atoms with Gasteiger partial charge in [0.1, 0.15) is 5.39 Å². The molecule has 0 unspecified atom stereocenters. The molecule has 218 valence electrons. The number of hydrogen-bond acceptors (Lipinski definition) is 8. The largest absolute Gasteiger partial charge is 0.386 e. The van der Waals surface area contributed by atoms with Crippen molar-refractivity contribution in [3.05, 3.63) is 77.4 Å². The molecule has 0 radical (unpaired) electrons. The Balaban J connectivity index is 1.10. The van der Waals surface area contributed by atoms with E-state index in [1.54, 1.807) is 49.1 Å². The van der Waals surface area contributed by atoms with E-state index in [2.05, 4.69) is 55.9 Å². The van der Waals surface area contributed by atoms with E-state index in [0.29, 0.717) is 28.4 Å². The number of aromatic nitrogens is 5. The van der Waals surface area contributed by atoms with Gasteiger partial charge in [0, 0.05) is 62.1 Å². The van der Waals surface area contributed by atoms with Gasteiger partial charge >= 0.3 is 0 Å². The van der Waals surface area contributed by atoms with Gasteiger partial charge in [-0.1, -0.05) is 12.1 Å². The van der Waals surface area contributed by atoms with Crippen LogP contribution in [0.1, 0.15) is 32.3 Å². The molecule has 0 spiro atoms. The minimum Gasteiger partial charge on any atom is -0.386 e. The SMILES string of the molecule is C=CCn1c(=O)c2cnc(Nc3ccc(N4C[C@H]5CN(CC6CC6)C[C@H]5C4)cc3)nc2n1-c1ccc(C(C)(C)O)cn1. The number of nitrogens with one attached hydrogen (secondary N) is 1. The number of allylic oxidation sites excluding steroid dienone is 1. The quantitative estimate of drug-likeness (QED) is 0.294. The molecule has 2 N–H and O–H groups in total. The molecule has 2 saturated heterocycles. The fourth-order valence-electron chi connectivity index (χ4n) is 6.48. The first-order chi connectivity index (χ1) is 20.3. The second-order valence-electron chi connectivity index (χ2n) is 12.6. The fourth-order valence-corrected chi connectivity index (χ4v) is 6.48. The van der Waals surface area contributed by atoms with Gasteiger partial charge < -0.3 is 20.2 Å². The Hall–Kier alpha value is -4.02. The molecule has 10 heteroatoms. The fraction of sp³-hybridized carbons (Fsp3) is 0.438. The van der Waals surface area contributed by atoms with Gasteiger partial charge in [-0.3, -0.25) is 4.79 Å². The third-order valence-electron chi connectivity index (χ3n) is 8.91. The first-order valence-corrected chi connectivity index (χ1v) is 14.9. The van der Waals surface area contributed by atoms with Crippen molar-refractivity contribution in [3.8, 4) is 5.82 Å². The number of benzene rings is 1. The van der Waals surface area contributed by atoms with Crippen molar-refractivity contribution in [2.45, 2.75) is 38.8 Å². The molecule has 1 aromatic carbocycles. The van der Waals surface area contributed by atoms with Gasteiger partial charge in [0.15, 0.2) is 11.5 Å². The molecule has 5 heterocycles. The number of hydrogen-bond donors (Lipinski definition) is 2. The second-order valence-corrected chi connectivity index (χ2v) is 12.6. The summed E-state index contributed by atoms with van der Waals surface area (Å²) in [5.74, 6) is 3.41. The molecular weight excluding hydrogens is 528 g/mol. The number of rotatable bonds is 9. The van der Waals surface area contributed by atoms with E-state index >= 15 is 0 Å². The van der Waals surface area contributed by atoms with Crippen molar-refractivity contribution in [2.75, 3.05) is 42.9 Å². The first-order valence-electron chi connectivity index (χ1n) is 14.9. The molecule has 0 amide bonds. The maximum absolute atomic E-state index is 13.2. The molecule has 2 aliphatic heterocycles. The van der Waals surface area contributed by atoms with Crippen LogP contribution in [-0.4, -0.2) is 67.0 Å². The molecule has 2 atom stereocenters. The van der Waals surface area contributed by atoms with Crippen molar-refractivity contribution < 1.29 is 5.11 Å². The van der Waals surface area contributed by atoms with Gasteiger partial charge in [-0.15, -0.1) is 6.58 Å². The Morgan fingerprint density at radius 2 is 1.76 bits per heavy atom. The summed E-state index contributed by atoms with van der Waals surface area (Å²) < 4.78 is 3.22. The maximum atomic E-state index is 13.2. The van der Waals surface area contributed by atoms with Crippen LogP contribution in [0.25, 0.3) is 16.9 Å². The summed E-state index contributed by atoms with van der Waals surface area (Å²) in [5.41, 5.74) is 1.99. The third kappa shape index (κ3) is 5.09. The van der Waals surface area contributed by atoms with Crippen LogP contribution in [0.5, 0.6) is 0 Å². The summed E-state index contributed by atoms with van der Waals surface area (Å²) in [4.78, 5) is 32.2. The van der Waals surface area contributed by atoms with E-state index in [1.807, 2.05) is 0 Å². The van der Waals surface area contributed by atoms with Crippen LogP contribution in [0.15, 0.2) is 66.2 Å². The number of aliphatic hydroxyl groups is 1. The van der Waals surface area contributed by atoms with Gasteiger partial charge in [-0.25, -0.2) is 19.3 Å². The molecular formula is C32H38N8O2. The molecule has 1 aliphatic carbocycles. The number of anilines is 3. The van der Waals surface area contributed by atoms with E-state index in [1.165, 1.54) is 42.8 Å². The summed E-state index contributed by atoms with van der Waals surface area (Å²) in [6, 6.07) is 12.0. The molecule has 1 saturated carbocycles. The standard InChI is InChI=1S/C32H38N8O2/c1-4-13-39-30(41)27-15-34-31(36-29(27)40(39)28-12-7-24(14-33-28)32(2,3)42)35-25-8-10-26(11-9-25)38-19-22-17-37(16-21-5-6-21)18-23(22)20-38/h4,7-12,14-15,21-23,42H,1,5-6,13,16-20H2,2-3H3,(H,34,35,36)/t22-,23+. The Labute approximate surface area is 245 Å². The Morgan fingerprint density at radius 1 is 1.02 bits per heavy atom. The second kappa shape index (κ2) is 10.4. The van der Waals surface area contributed by atoms with E-state index in [-0.39, 0.29) is 12.1 Å². The van der Waals surface area contributed by atoms with E-state index < -0.39 is 5.60 Å². The van der Waals surface area contributed by atoms with Crippen LogP contribution in [0.3, 0.4) is 0 Å². The normalized spacial score (nSPS) is 20.8. The average molecular weight is 567 g/mol. The molecule has 4 aromatic rings. The van der Waals surface area contributed by atoms with Crippen molar-refractivity contribution in [1.29, 1.82) is 0 Å². The molecule has 3 aliphatic rings. The van der Waals surface area contributed by atoms with Crippen LogP contribution in [0, 0.1) is 17.8 Å². The van der Waals surface area contributed by atoms with Gasteiger partial charge in [-0.2, -0.15) is 4.98 Å². The number of fused-ring (bicyclic) bond motifs is 2. The van der Waals surface area contributed by atoms with Gasteiger partial charge in [0.05, 0.1) is 12.1 Å². The third-order valence-corrected chi connectivity index (χ3v) is 8.91. The molecule has 42 heavy (non-hydrogen) atoms. The van der Waals surface area contributed by atoms with Gasteiger partial charge in [0.2, 0.25) is 5.95 Å². The number of nitrogens with zero attached hydrogens (tertiary/aromatic N) is 7. The lowest BCUT2D eigenvalue weighted by Gasteiger charge is -2.23. The first kappa shape index (κ1) is 26.9. The smallest absolute Gasteiger partial charge is 0.278 e. The molecule has 7 rings (SSSR count). The van der Waals surface area contributed by atoms with Crippen LogP contribution in [0.4, 0.5) is 17.3 Å². The predicted molar refractivity (Wildman–Crippen MR) is 164 cm³/mol. The molecule has 3 aromatic heterocycles. The molecule has 3 fully saturated rings. The average Bonchev–Trinajstić information content (AvgIpc) is 3.48. The highest BCUT2D eigenvalue weighted by molar-refractivity contribution is 5.77. The Morgan fingerprint density at radius 3 is 2.38 bits per heavy atom. The van der Waals surface area contributed by atoms with E-state index in [4.69, 9.17) is 4.98 Å². The van der Waals surface area contributed by atoms with Crippen molar-refractivity contribution in [1.82, 2.24) is 29.2 Å². The van der Waals surface area contributed by atoms with Crippen LogP contribution >= 0.6 is 0 Å². The van der Waals surface area contributed by atoms with Crippen molar-refractivity contribution in [3.63, 3.8) is 0 Å². The van der Waals surface area contributed by atoms with Crippen LogP contribution in [0.2, 0.25) is 0 Å². The number of likely N-dealkylation sites (tertiary alicyclic amines) is 1. The van der Waals surface area contributed by atoms with Crippen molar-refractivity contribution in [2.24, 2.45) is 17.8 Å². The zero-order valence-electron chi connectivity index (χ0n) is 24.3. The lowest BCUT2D eigenvalue weighted by Crippen LogP contribution is -2.30. The maximum Gasteiger partial charge on any atom is 0.278 e. The lowest BCUT2D eigenvalue weighted by atomic mass is 10.0. The van der Waals surface area contributed by atoms with Crippen molar-refractivity contribution >= 4 is 28.4 Å². The zero-order chi connectivity index (χ0) is 29.0. The predicted octanol–water partition coefficient (Wildman–Crippen LogP) is 3.91. The number of pyridine rings is 1. The summed E-state index contributed by atoms with van der Waals surface area (Å²) >= 11 is 0. The Bertz CT molecular complexity index is 1650. The highest BCUT2D eigenvalue weighted by atomic mass is 16.3. The van der Waals surface area contributed by atoms with Gasteiger partial charge in [0.25, 0.3) is 5.56 Å². The highest BCUT2D eigenvalue weighted by Gasteiger charge is 2.41. The minimum absolute atomic E-state index is 0.222. The summed E-state index contributed by atoms with van der Waals surface area (Å²) in [7, 11) is 0. The minimum atomic E-state index is -1.02. The Kier molecular flexibility index (Phi) is 6.62. The summed E-state index contributed by atoms with van der Waals surface area (Å²) in [6.07, 6.45) is 7.68. The summed E-state index contributed by atoms with van der Waals surface area (Å²) in [6.45, 7) is 13.6. The van der Waals surface area contributed by atoms with Crippen LogP contribution in [-0.2, 0) is 12.1 Å². The lowest BCUT2D eigenvalue weighted by molar-refractivity contribution is 0.0782. The van der Waals surface area contributed by atoms with E-state index in [0.717, 1.165) is 36.5 Å². The molecule has 0 bridgehead atoms. The van der Waals surface area contributed by atoms with Crippen LogP contribution < -0.4 is 15.8 Å². The van der Waals surface area contributed by atoms with E-state index in [9.17, 15) is 9.90 Å². The summed E-state index contributed by atoms with van der Waals surface area (Å²) in [5, 5.41) is 14.0. The molecule has 10 nitrogen and oxygen atoms in total. The topological polar surface area (TPSA) is 104 Å². The zero-order valence-corrected chi connectivity index (χ0v) is 24.3. The highest BCUT2D eigenvalue weighted by Crippen LogP contribution is 2.37.